The molecule has 3 N–H and O–H groups in total. The summed E-state index contributed by atoms with van der Waals surface area (Å²) in [6.45, 7) is 0. The zero-order valence-corrected chi connectivity index (χ0v) is 12.2. The van der Waals surface area contributed by atoms with Crippen molar-refractivity contribution in [2.75, 3.05) is 5.32 Å². The van der Waals surface area contributed by atoms with E-state index in [1.807, 2.05) is 24.4 Å². The molecule has 1 heterocycles. The summed E-state index contributed by atoms with van der Waals surface area (Å²) in [6.07, 6.45) is 8.63. The van der Waals surface area contributed by atoms with Gasteiger partial charge in [0, 0.05) is 23.5 Å². The molecular formula is C16H19N3S. The van der Waals surface area contributed by atoms with Crippen molar-refractivity contribution in [3.05, 3.63) is 36.7 Å². The van der Waals surface area contributed by atoms with E-state index in [4.69, 9.17) is 18.0 Å². The number of rotatable bonds is 3. The molecule has 104 valence electrons. The highest BCUT2D eigenvalue weighted by Crippen LogP contribution is 2.28. The van der Waals surface area contributed by atoms with E-state index in [-0.39, 0.29) is 6.04 Å². The second-order valence-corrected chi connectivity index (χ2v) is 5.94. The maximum Gasteiger partial charge on any atom is 0.0970 e. The van der Waals surface area contributed by atoms with Crippen molar-refractivity contribution in [2.45, 2.75) is 31.7 Å². The summed E-state index contributed by atoms with van der Waals surface area (Å²) in [5, 5.41) is 5.58. The van der Waals surface area contributed by atoms with Gasteiger partial charge in [-0.25, -0.2) is 0 Å². The number of aromatic nitrogens is 1. The fourth-order valence-corrected chi connectivity index (χ4v) is 3.23. The Balaban J connectivity index is 1.73. The molecule has 1 atom stereocenters. The van der Waals surface area contributed by atoms with Crippen molar-refractivity contribution >= 4 is 33.7 Å². The van der Waals surface area contributed by atoms with E-state index in [0.29, 0.717) is 5.92 Å². The number of nitrogens with one attached hydrogen (secondary N) is 1. The molecule has 1 aromatic heterocycles. The van der Waals surface area contributed by atoms with Crippen molar-refractivity contribution in [3.8, 4) is 0 Å². The highest BCUT2D eigenvalue weighted by molar-refractivity contribution is 7.80. The third-order valence-corrected chi connectivity index (χ3v) is 4.49. The minimum absolute atomic E-state index is 0.0272. The Labute approximate surface area is 124 Å². The van der Waals surface area contributed by atoms with Crippen LogP contribution in [0.1, 0.15) is 25.7 Å². The zero-order valence-electron chi connectivity index (χ0n) is 11.4. The lowest BCUT2D eigenvalue weighted by Crippen LogP contribution is -2.39. The van der Waals surface area contributed by atoms with Gasteiger partial charge in [0.2, 0.25) is 0 Å². The van der Waals surface area contributed by atoms with Gasteiger partial charge in [-0.2, -0.15) is 0 Å². The first-order chi connectivity index (χ1) is 9.74. The van der Waals surface area contributed by atoms with Crippen LogP contribution in [0.5, 0.6) is 0 Å². The standard InChI is InChI=1S/C16H19N3S/c17-15(11-3-1-2-4-11)16(20)19-14-6-5-13-10-18-8-7-12(13)9-14/h5-11,15H,1-4,17H2,(H,19,20)/t15-/m1/s1. The van der Waals surface area contributed by atoms with Gasteiger partial charge in [0.25, 0.3) is 0 Å². The van der Waals surface area contributed by atoms with Gasteiger partial charge < -0.3 is 11.1 Å². The highest BCUT2D eigenvalue weighted by Gasteiger charge is 2.24. The van der Waals surface area contributed by atoms with Gasteiger partial charge in [0.15, 0.2) is 0 Å². The van der Waals surface area contributed by atoms with Gasteiger partial charge in [-0.05, 0) is 42.3 Å². The first kappa shape index (κ1) is 13.5. The largest absolute Gasteiger partial charge is 0.349 e. The summed E-state index contributed by atoms with van der Waals surface area (Å²) in [4.78, 5) is 4.87. The van der Waals surface area contributed by atoms with E-state index in [9.17, 15) is 0 Å². The Hall–Kier alpha value is -1.52. The molecule has 3 rings (SSSR count). The Morgan fingerprint density at radius 2 is 2.05 bits per heavy atom. The fourth-order valence-electron chi connectivity index (χ4n) is 2.92. The molecule has 1 saturated carbocycles. The van der Waals surface area contributed by atoms with E-state index in [1.54, 1.807) is 6.20 Å². The lowest BCUT2D eigenvalue weighted by Gasteiger charge is -2.21. The smallest absolute Gasteiger partial charge is 0.0970 e. The van der Waals surface area contributed by atoms with E-state index in [1.165, 1.54) is 25.7 Å². The fraction of sp³-hybridized carbons (Fsp3) is 0.375. The van der Waals surface area contributed by atoms with Crippen LogP contribution in [0.4, 0.5) is 5.69 Å². The highest BCUT2D eigenvalue weighted by atomic mass is 32.1. The maximum atomic E-state index is 6.27. The SMILES string of the molecule is N[C@@H](C(=S)Nc1ccc2cnccc2c1)C1CCCC1. The van der Waals surface area contributed by atoms with Crippen LogP contribution < -0.4 is 11.1 Å². The number of nitrogens with zero attached hydrogens (tertiary/aromatic N) is 1. The Bertz CT molecular complexity index is 620. The second-order valence-electron chi connectivity index (χ2n) is 5.50. The molecule has 0 amide bonds. The maximum absolute atomic E-state index is 6.27. The van der Waals surface area contributed by atoms with Crippen LogP contribution in [0, 0.1) is 5.92 Å². The zero-order chi connectivity index (χ0) is 13.9. The van der Waals surface area contributed by atoms with Gasteiger partial charge in [-0.1, -0.05) is 31.1 Å². The van der Waals surface area contributed by atoms with E-state index in [2.05, 4.69) is 16.4 Å². The summed E-state index contributed by atoms with van der Waals surface area (Å²) in [5.41, 5.74) is 7.27. The van der Waals surface area contributed by atoms with Crippen LogP contribution in [0.3, 0.4) is 0 Å². The lowest BCUT2D eigenvalue weighted by atomic mass is 9.99. The number of nitrogens with two attached hydrogens (primary N) is 1. The second kappa shape index (κ2) is 5.85. The Kier molecular flexibility index (Phi) is 3.94. The Morgan fingerprint density at radius 1 is 1.25 bits per heavy atom. The van der Waals surface area contributed by atoms with E-state index < -0.39 is 0 Å². The van der Waals surface area contributed by atoms with Crippen LogP contribution in [0.25, 0.3) is 10.8 Å². The van der Waals surface area contributed by atoms with Crippen molar-refractivity contribution < 1.29 is 0 Å². The quantitative estimate of drug-likeness (QED) is 0.848. The summed E-state index contributed by atoms with van der Waals surface area (Å²) < 4.78 is 0. The van der Waals surface area contributed by atoms with E-state index >= 15 is 0 Å². The number of benzene rings is 1. The van der Waals surface area contributed by atoms with Gasteiger partial charge >= 0.3 is 0 Å². The van der Waals surface area contributed by atoms with Gasteiger partial charge in [0.05, 0.1) is 11.0 Å². The van der Waals surface area contributed by atoms with Gasteiger partial charge in [-0.3, -0.25) is 4.98 Å². The molecule has 4 heteroatoms. The minimum atomic E-state index is -0.0272. The summed E-state index contributed by atoms with van der Waals surface area (Å²) in [6, 6.07) is 8.14. The van der Waals surface area contributed by atoms with Crippen LogP contribution in [-0.2, 0) is 0 Å². The number of fused-ring (bicyclic) bond motifs is 1. The predicted molar refractivity (Wildman–Crippen MR) is 87.9 cm³/mol. The first-order valence-electron chi connectivity index (χ1n) is 7.14. The molecule has 0 saturated heterocycles. The minimum Gasteiger partial charge on any atom is -0.349 e. The topological polar surface area (TPSA) is 50.9 Å². The average molecular weight is 285 g/mol. The summed E-state index contributed by atoms with van der Waals surface area (Å²) in [5.74, 6) is 0.541. The van der Waals surface area contributed by atoms with Crippen LogP contribution in [-0.4, -0.2) is 16.0 Å². The number of hydrogen-bond donors (Lipinski definition) is 2. The van der Waals surface area contributed by atoms with Crippen LogP contribution in [0.2, 0.25) is 0 Å². The molecule has 1 aliphatic carbocycles. The molecule has 0 spiro atoms. The molecule has 0 bridgehead atoms. The molecule has 2 aromatic rings. The molecule has 3 nitrogen and oxygen atoms in total. The summed E-state index contributed by atoms with van der Waals surface area (Å²) >= 11 is 5.47. The molecular weight excluding hydrogens is 266 g/mol. The molecule has 1 aromatic carbocycles. The summed E-state index contributed by atoms with van der Waals surface area (Å²) in [7, 11) is 0. The normalized spacial score (nSPS) is 17.2. The van der Waals surface area contributed by atoms with Gasteiger partial charge in [-0.15, -0.1) is 0 Å². The monoisotopic (exact) mass is 285 g/mol. The number of thiocarbonyl (C=S) groups is 1. The van der Waals surface area contributed by atoms with Crippen molar-refractivity contribution in [3.63, 3.8) is 0 Å². The molecule has 0 aliphatic heterocycles. The van der Waals surface area contributed by atoms with Crippen LogP contribution >= 0.6 is 12.2 Å². The molecule has 20 heavy (non-hydrogen) atoms. The molecule has 1 fully saturated rings. The first-order valence-corrected chi connectivity index (χ1v) is 7.55. The van der Waals surface area contributed by atoms with Gasteiger partial charge in [0.1, 0.15) is 0 Å². The van der Waals surface area contributed by atoms with Crippen LogP contribution in [0.15, 0.2) is 36.7 Å². The van der Waals surface area contributed by atoms with Crippen molar-refractivity contribution in [2.24, 2.45) is 11.7 Å². The van der Waals surface area contributed by atoms with E-state index in [0.717, 1.165) is 21.4 Å². The number of hydrogen-bond acceptors (Lipinski definition) is 3. The molecule has 0 radical (unpaired) electrons. The third kappa shape index (κ3) is 2.81. The third-order valence-electron chi connectivity index (χ3n) is 4.12. The lowest BCUT2D eigenvalue weighted by molar-refractivity contribution is 0.512. The van der Waals surface area contributed by atoms with Crippen molar-refractivity contribution in [1.29, 1.82) is 0 Å². The number of pyridine rings is 1. The predicted octanol–water partition coefficient (Wildman–Crippen LogP) is 3.49. The number of anilines is 1. The average Bonchev–Trinajstić information content (AvgIpc) is 3.00. The molecule has 1 aliphatic rings. The Morgan fingerprint density at radius 3 is 2.85 bits per heavy atom. The molecule has 0 unspecified atom stereocenters. The van der Waals surface area contributed by atoms with Crippen molar-refractivity contribution in [1.82, 2.24) is 4.98 Å².